The first-order chi connectivity index (χ1) is 15.0. The maximum atomic E-state index is 11.3. The first-order valence-electron chi connectivity index (χ1n) is 9.95. The molecule has 32 heavy (non-hydrogen) atoms. The fraction of sp³-hybridized carbons (Fsp3) is 1.00. The van der Waals surface area contributed by atoms with Crippen LogP contribution >= 0.6 is 0 Å². The number of aliphatic hydroxyl groups excluding tert-OH is 10. The van der Waals surface area contributed by atoms with Gasteiger partial charge < -0.3 is 75.1 Å². The summed E-state index contributed by atoms with van der Waals surface area (Å²) < 4.78 is 20.8. The van der Waals surface area contributed by atoms with Crippen LogP contribution in [0.1, 0.15) is 0 Å². The molecule has 3 fully saturated rings. The molecule has 0 bridgehead atoms. The first kappa shape index (κ1) is 26.0. The smallest absolute Gasteiger partial charge is 0.190 e. The molecule has 1 unspecified atom stereocenters. The molecule has 3 rings (SSSR count). The number of rotatable bonds is 5. The third-order valence-corrected chi connectivity index (χ3v) is 6.12. The van der Waals surface area contributed by atoms with Crippen LogP contribution in [0, 0.1) is 0 Å². The van der Waals surface area contributed by atoms with E-state index in [1.807, 2.05) is 0 Å². The van der Waals surface area contributed by atoms with Gasteiger partial charge in [-0.15, -0.1) is 0 Å². The van der Waals surface area contributed by atoms with Crippen LogP contribution in [0.25, 0.3) is 0 Å². The highest BCUT2D eigenvalue weighted by Gasteiger charge is 2.65. The van der Waals surface area contributed by atoms with Crippen molar-refractivity contribution in [2.24, 2.45) is 0 Å². The molecule has 0 amide bonds. The highest BCUT2D eigenvalue weighted by molar-refractivity contribution is 5.12. The zero-order chi connectivity index (χ0) is 24.0. The lowest BCUT2D eigenvalue weighted by atomic mass is 9.74. The van der Waals surface area contributed by atoms with E-state index >= 15 is 0 Å². The van der Waals surface area contributed by atoms with Crippen molar-refractivity contribution in [3.8, 4) is 0 Å². The number of ether oxygens (including phenoxy) is 4. The second kappa shape index (κ2) is 9.95. The lowest BCUT2D eigenvalue weighted by Gasteiger charge is -2.54. The topological polar surface area (TPSA) is 259 Å². The molecule has 0 aromatic rings. The first-order valence-corrected chi connectivity index (χ1v) is 9.95. The lowest BCUT2D eigenvalue weighted by Crippen LogP contribution is -2.77. The average Bonchev–Trinajstić information content (AvgIpc) is 2.78. The molecule has 14 atom stereocenters. The summed E-state index contributed by atoms with van der Waals surface area (Å²) in [5.74, 6) is 0. The van der Waals surface area contributed by atoms with Gasteiger partial charge in [-0.1, -0.05) is 0 Å². The summed E-state index contributed by atoms with van der Waals surface area (Å²) in [5.41, 5.74) is -2.90. The number of hydrogen-bond acceptors (Lipinski definition) is 15. The van der Waals surface area contributed by atoms with E-state index < -0.39 is 105 Å². The minimum Gasteiger partial charge on any atom is -0.394 e. The Morgan fingerprint density at radius 2 is 1.31 bits per heavy atom. The highest BCUT2D eigenvalue weighted by atomic mass is 16.8. The van der Waals surface area contributed by atoms with Crippen LogP contribution in [0.2, 0.25) is 0 Å². The van der Waals surface area contributed by atoms with Crippen molar-refractivity contribution in [1.82, 2.24) is 0 Å². The molecule has 3 aliphatic heterocycles. The molecule has 0 aromatic heterocycles. The van der Waals surface area contributed by atoms with Crippen LogP contribution in [-0.2, 0) is 18.9 Å². The molecule has 3 aliphatic rings. The Morgan fingerprint density at radius 1 is 0.688 bits per heavy atom. The third-order valence-electron chi connectivity index (χ3n) is 6.12. The molecule has 15 heteroatoms. The van der Waals surface area contributed by atoms with E-state index in [0.29, 0.717) is 0 Å². The van der Waals surface area contributed by atoms with Crippen molar-refractivity contribution in [3.05, 3.63) is 0 Å². The third kappa shape index (κ3) is 4.28. The average molecular weight is 474 g/mol. The van der Waals surface area contributed by atoms with Gasteiger partial charge in [0.2, 0.25) is 0 Å². The van der Waals surface area contributed by atoms with Crippen LogP contribution in [0.4, 0.5) is 0 Å². The van der Waals surface area contributed by atoms with E-state index in [9.17, 15) is 56.2 Å². The van der Waals surface area contributed by atoms with Gasteiger partial charge in [-0.3, -0.25) is 0 Å². The van der Waals surface area contributed by atoms with Gasteiger partial charge in [0.1, 0.15) is 67.1 Å². The lowest BCUT2D eigenvalue weighted by molar-refractivity contribution is -0.401. The summed E-state index contributed by atoms with van der Waals surface area (Å²) in [6, 6.07) is 0. The van der Waals surface area contributed by atoms with E-state index in [1.165, 1.54) is 0 Å². The van der Waals surface area contributed by atoms with Gasteiger partial charge in [0.15, 0.2) is 18.2 Å². The minimum atomic E-state index is -2.90. The van der Waals surface area contributed by atoms with Crippen LogP contribution in [0.15, 0.2) is 0 Å². The summed E-state index contributed by atoms with van der Waals surface area (Å²) in [4.78, 5) is 0. The molecular weight excluding hydrogens is 444 g/mol. The Labute approximate surface area is 181 Å². The van der Waals surface area contributed by atoms with E-state index in [4.69, 9.17) is 18.9 Å². The van der Waals surface area contributed by atoms with Crippen LogP contribution in [-0.4, -0.2) is 161 Å². The van der Waals surface area contributed by atoms with E-state index in [2.05, 4.69) is 0 Å². The van der Waals surface area contributed by atoms with Crippen molar-refractivity contribution >= 4 is 0 Å². The molecule has 0 spiro atoms. The summed E-state index contributed by atoms with van der Waals surface area (Å²) in [7, 11) is 0. The van der Waals surface area contributed by atoms with E-state index in [1.54, 1.807) is 0 Å². The summed E-state index contributed by atoms with van der Waals surface area (Å²) in [6.07, 6.45) is -23.9. The van der Waals surface area contributed by atoms with Crippen molar-refractivity contribution in [2.45, 2.75) is 85.3 Å². The van der Waals surface area contributed by atoms with Crippen molar-refractivity contribution in [3.63, 3.8) is 0 Å². The zero-order valence-electron chi connectivity index (χ0n) is 16.7. The fourth-order valence-electron chi connectivity index (χ4n) is 4.11. The highest BCUT2D eigenvalue weighted by Crippen LogP contribution is 2.40. The van der Waals surface area contributed by atoms with Crippen LogP contribution in [0.5, 0.6) is 0 Å². The summed E-state index contributed by atoms with van der Waals surface area (Å²) >= 11 is 0. The maximum absolute atomic E-state index is 11.3. The van der Waals surface area contributed by atoms with Crippen LogP contribution in [0.3, 0.4) is 0 Å². The maximum Gasteiger partial charge on any atom is 0.190 e. The predicted octanol–water partition coefficient (Wildman–Crippen LogP) is -7.55. The quantitative estimate of drug-likeness (QED) is 0.177. The molecule has 188 valence electrons. The van der Waals surface area contributed by atoms with Gasteiger partial charge >= 0.3 is 0 Å². The standard InChI is InChI=1S/C17H30O15/c18-1-5-8(22)9(23)10(24)14(30-5)17(28)12(26)6(2-19)31-16(13(17)27)32-15-11(25)7(21)4(20)3-29-15/h4-16,18-28H,1-3H2/t4-,5-,6-,7+,8-,9+,10-,11-,12-,13+,14?,15-,16-,17+/m1/s1. The molecular formula is C17H30O15. The van der Waals surface area contributed by atoms with E-state index in [0.717, 1.165) is 0 Å². The fourth-order valence-corrected chi connectivity index (χ4v) is 4.11. The molecule has 11 N–H and O–H groups in total. The number of hydrogen-bond donors (Lipinski definition) is 11. The Balaban J connectivity index is 1.88. The Morgan fingerprint density at radius 3 is 1.91 bits per heavy atom. The van der Waals surface area contributed by atoms with Gasteiger partial charge in [0.25, 0.3) is 0 Å². The molecule has 0 aliphatic carbocycles. The van der Waals surface area contributed by atoms with Gasteiger partial charge in [-0.2, -0.15) is 0 Å². The molecule has 0 radical (unpaired) electrons. The molecule has 3 heterocycles. The van der Waals surface area contributed by atoms with Crippen LogP contribution < -0.4 is 0 Å². The predicted molar refractivity (Wildman–Crippen MR) is 95.3 cm³/mol. The Kier molecular flexibility index (Phi) is 8.08. The minimum absolute atomic E-state index is 0.464. The van der Waals surface area contributed by atoms with Crippen molar-refractivity contribution in [1.29, 1.82) is 0 Å². The monoisotopic (exact) mass is 474 g/mol. The second-order valence-electron chi connectivity index (χ2n) is 8.14. The molecule has 15 nitrogen and oxygen atoms in total. The Hall–Kier alpha value is -0.600. The van der Waals surface area contributed by atoms with Gasteiger partial charge in [-0.05, 0) is 0 Å². The SMILES string of the molecule is OC[C@H]1OC([C@]2(O)[C@H](O)[C@@H](CO)O[C@H](O[C@H]3OC[C@@H](O)[C@H](O)[C@H]3O)[C@@H]2O)[C@H](O)[C@@H](O)[C@@H]1O. The van der Waals surface area contributed by atoms with Gasteiger partial charge in [-0.25, -0.2) is 0 Å². The van der Waals surface area contributed by atoms with Gasteiger partial charge in [0.05, 0.1) is 19.8 Å². The van der Waals surface area contributed by atoms with E-state index in [-0.39, 0.29) is 0 Å². The van der Waals surface area contributed by atoms with Gasteiger partial charge in [0, 0.05) is 0 Å². The number of aliphatic hydroxyl groups is 11. The zero-order valence-corrected chi connectivity index (χ0v) is 16.7. The molecule has 0 aromatic carbocycles. The van der Waals surface area contributed by atoms with Crippen molar-refractivity contribution < 1.29 is 75.1 Å². The molecule has 3 saturated heterocycles. The normalized spacial score (nSPS) is 55.0. The van der Waals surface area contributed by atoms with Crippen molar-refractivity contribution in [2.75, 3.05) is 19.8 Å². The second-order valence-corrected chi connectivity index (χ2v) is 8.14. The molecule has 0 saturated carbocycles. The summed E-state index contributed by atoms with van der Waals surface area (Å²) in [5, 5.41) is 111. The summed E-state index contributed by atoms with van der Waals surface area (Å²) in [6.45, 7) is -2.25. The largest absolute Gasteiger partial charge is 0.394 e. The Bertz CT molecular complexity index is 623.